The molecule has 4 rings (SSSR count). The van der Waals surface area contributed by atoms with Gasteiger partial charge in [0.1, 0.15) is 6.54 Å². The fourth-order valence-electron chi connectivity index (χ4n) is 3.85. The molecule has 3 N–H and O–H groups in total. The largest absolute Gasteiger partial charge is 0.352 e. The Morgan fingerprint density at radius 1 is 1.10 bits per heavy atom. The number of carbonyl (C=O) groups is 2. The van der Waals surface area contributed by atoms with E-state index in [2.05, 4.69) is 20.8 Å². The average Bonchev–Trinajstić information content (AvgIpc) is 3.42. The summed E-state index contributed by atoms with van der Waals surface area (Å²) >= 11 is 0. The van der Waals surface area contributed by atoms with Crippen LogP contribution in [0.25, 0.3) is 10.8 Å². The van der Waals surface area contributed by atoms with Crippen LogP contribution >= 0.6 is 0 Å². The topological polar surface area (TPSA) is 131 Å². The first-order valence-electron chi connectivity index (χ1n) is 10.3. The number of aryl methyl sites for hydroxylation is 1. The normalized spacial score (nSPS) is 14.1. The van der Waals surface area contributed by atoms with Crippen molar-refractivity contribution in [2.45, 2.75) is 51.2 Å². The number of aromatic amines is 1. The molecule has 1 aliphatic rings. The zero-order chi connectivity index (χ0) is 21.8. The minimum Gasteiger partial charge on any atom is -0.352 e. The van der Waals surface area contributed by atoms with Crippen LogP contribution in [0.1, 0.15) is 32.1 Å². The number of rotatable bonds is 7. The quantitative estimate of drug-likeness (QED) is 0.520. The SMILES string of the molecule is O=C(CCn1[nH]c(=O)c2ccccc2c1=O)Nc1cnn(CC(=O)NC2CCCC2)c1. The maximum atomic E-state index is 12.5. The molecule has 0 bridgehead atoms. The van der Waals surface area contributed by atoms with Gasteiger partial charge in [-0.15, -0.1) is 0 Å². The molecule has 1 fully saturated rings. The van der Waals surface area contributed by atoms with Crippen LogP contribution < -0.4 is 21.8 Å². The molecule has 2 heterocycles. The van der Waals surface area contributed by atoms with Gasteiger partial charge in [-0.2, -0.15) is 5.10 Å². The van der Waals surface area contributed by atoms with Crippen molar-refractivity contribution in [1.82, 2.24) is 24.9 Å². The average molecular weight is 424 g/mol. The van der Waals surface area contributed by atoms with Crippen LogP contribution in [-0.2, 0) is 22.7 Å². The van der Waals surface area contributed by atoms with Gasteiger partial charge in [-0.1, -0.05) is 25.0 Å². The van der Waals surface area contributed by atoms with E-state index in [-0.39, 0.29) is 48.5 Å². The fourth-order valence-corrected chi connectivity index (χ4v) is 3.85. The molecular formula is C21H24N6O4. The molecule has 0 spiro atoms. The van der Waals surface area contributed by atoms with Gasteiger partial charge in [0.05, 0.1) is 29.2 Å². The molecule has 0 radical (unpaired) electrons. The smallest absolute Gasteiger partial charge is 0.273 e. The molecule has 10 nitrogen and oxygen atoms in total. The van der Waals surface area contributed by atoms with Crippen molar-refractivity contribution < 1.29 is 9.59 Å². The van der Waals surface area contributed by atoms with Crippen LogP contribution in [0.5, 0.6) is 0 Å². The zero-order valence-corrected chi connectivity index (χ0v) is 17.0. The molecule has 2 aromatic heterocycles. The first kappa shape index (κ1) is 20.6. The summed E-state index contributed by atoms with van der Waals surface area (Å²) in [5.41, 5.74) is -0.283. The van der Waals surface area contributed by atoms with Crippen LogP contribution in [0.15, 0.2) is 46.2 Å². The van der Waals surface area contributed by atoms with E-state index < -0.39 is 0 Å². The van der Waals surface area contributed by atoms with Crippen molar-refractivity contribution in [2.24, 2.45) is 0 Å². The second-order valence-corrected chi connectivity index (χ2v) is 7.72. The summed E-state index contributed by atoms with van der Waals surface area (Å²) in [5.74, 6) is -0.441. The molecule has 31 heavy (non-hydrogen) atoms. The van der Waals surface area contributed by atoms with Gasteiger partial charge in [0.25, 0.3) is 11.1 Å². The van der Waals surface area contributed by atoms with Crippen LogP contribution in [0.4, 0.5) is 5.69 Å². The summed E-state index contributed by atoms with van der Waals surface area (Å²) in [6, 6.07) is 6.78. The highest BCUT2D eigenvalue weighted by molar-refractivity contribution is 5.90. The molecule has 1 aliphatic carbocycles. The predicted molar refractivity (Wildman–Crippen MR) is 115 cm³/mol. The Labute approximate surface area is 177 Å². The lowest BCUT2D eigenvalue weighted by molar-refractivity contribution is -0.122. The number of nitrogens with zero attached hydrogens (tertiary/aromatic N) is 3. The summed E-state index contributed by atoms with van der Waals surface area (Å²) in [5, 5.41) is 12.9. The molecule has 1 aromatic carbocycles. The summed E-state index contributed by atoms with van der Waals surface area (Å²) in [6.07, 6.45) is 7.34. The van der Waals surface area contributed by atoms with Gasteiger partial charge >= 0.3 is 0 Å². The minimum atomic E-state index is -0.382. The van der Waals surface area contributed by atoms with Crippen LogP contribution in [0.2, 0.25) is 0 Å². The number of amides is 2. The Kier molecular flexibility index (Phi) is 5.96. The molecule has 0 saturated heterocycles. The third-order valence-electron chi connectivity index (χ3n) is 5.39. The highest BCUT2D eigenvalue weighted by Crippen LogP contribution is 2.17. The Hall–Kier alpha value is -3.69. The number of benzene rings is 1. The van der Waals surface area contributed by atoms with Crippen LogP contribution in [0.3, 0.4) is 0 Å². The Morgan fingerprint density at radius 2 is 1.84 bits per heavy atom. The van der Waals surface area contributed by atoms with E-state index in [9.17, 15) is 19.2 Å². The fraction of sp³-hybridized carbons (Fsp3) is 0.381. The molecule has 0 atom stereocenters. The van der Waals surface area contributed by atoms with E-state index >= 15 is 0 Å². The van der Waals surface area contributed by atoms with Crippen molar-refractivity contribution in [2.75, 3.05) is 5.32 Å². The van der Waals surface area contributed by atoms with Crippen molar-refractivity contribution in [3.63, 3.8) is 0 Å². The number of H-pyrrole nitrogens is 1. The molecule has 162 valence electrons. The van der Waals surface area contributed by atoms with Gasteiger partial charge in [0.15, 0.2) is 0 Å². The molecule has 3 aromatic rings. The predicted octanol–water partition coefficient (Wildman–Crippen LogP) is 0.974. The first-order valence-corrected chi connectivity index (χ1v) is 10.3. The van der Waals surface area contributed by atoms with Crippen LogP contribution in [0, 0.1) is 0 Å². The number of hydrogen-bond acceptors (Lipinski definition) is 5. The molecular weight excluding hydrogens is 400 g/mol. The zero-order valence-electron chi connectivity index (χ0n) is 17.0. The Morgan fingerprint density at radius 3 is 2.61 bits per heavy atom. The molecule has 10 heteroatoms. The monoisotopic (exact) mass is 424 g/mol. The number of carbonyl (C=O) groups excluding carboxylic acids is 2. The number of anilines is 1. The number of aromatic nitrogens is 4. The summed E-state index contributed by atoms with van der Waals surface area (Å²) in [4.78, 5) is 49.0. The van der Waals surface area contributed by atoms with Gasteiger partial charge < -0.3 is 10.6 Å². The molecule has 1 saturated carbocycles. The number of hydrogen-bond donors (Lipinski definition) is 3. The maximum absolute atomic E-state index is 12.5. The van der Waals surface area contributed by atoms with Crippen LogP contribution in [-0.4, -0.2) is 37.4 Å². The van der Waals surface area contributed by atoms with E-state index in [0.717, 1.165) is 30.4 Å². The summed E-state index contributed by atoms with van der Waals surface area (Å²) in [7, 11) is 0. The van der Waals surface area contributed by atoms with Crippen molar-refractivity contribution in [3.8, 4) is 0 Å². The third kappa shape index (κ3) is 4.90. The van der Waals surface area contributed by atoms with E-state index in [4.69, 9.17) is 0 Å². The maximum Gasteiger partial charge on any atom is 0.273 e. The van der Waals surface area contributed by atoms with E-state index in [0.29, 0.717) is 16.5 Å². The number of fused-ring (bicyclic) bond motifs is 1. The highest BCUT2D eigenvalue weighted by atomic mass is 16.2. The second kappa shape index (κ2) is 8.99. The van der Waals surface area contributed by atoms with Crippen molar-refractivity contribution >= 4 is 28.3 Å². The van der Waals surface area contributed by atoms with Gasteiger partial charge in [-0.05, 0) is 25.0 Å². The second-order valence-electron chi connectivity index (χ2n) is 7.72. The number of nitrogens with one attached hydrogen (secondary N) is 3. The lowest BCUT2D eigenvalue weighted by atomic mass is 10.2. The van der Waals surface area contributed by atoms with Gasteiger partial charge in [-0.3, -0.25) is 29.0 Å². The third-order valence-corrected chi connectivity index (χ3v) is 5.39. The summed E-state index contributed by atoms with van der Waals surface area (Å²) in [6.45, 7) is 0.114. The Balaban J connectivity index is 1.32. The molecule has 2 amide bonds. The van der Waals surface area contributed by atoms with Gasteiger partial charge in [0.2, 0.25) is 11.8 Å². The van der Waals surface area contributed by atoms with E-state index in [1.807, 2.05) is 0 Å². The van der Waals surface area contributed by atoms with Crippen molar-refractivity contribution in [3.05, 3.63) is 57.4 Å². The standard InChI is InChI=1S/C21H24N6O4/c28-18(9-10-27-21(31)17-8-4-3-7-16(17)20(30)25-27)24-15-11-22-26(12-15)13-19(29)23-14-5-1-2-6-14/h3-4,7-8,11-12,14H,1-2,5-6,9-10,13H2,(H,23,29)(H,24,28)(H,25,30). The lowest BCUT2D eigenvalue weighted by Gasteiger charge is -2.11. The molecule has 0 unspecified atom stereocenters. The molecule has 0 aliphatic heterocycles. The van der Waals surface area contributed by atoms with Gasteiger partial charge in [0, 0.05) is 18.7 Å². The lowest BCUT2D eigenvalue weighted by Crippen LogP contribution is -2.35. The first-order chi connectivity index (χ1) is 15.0. The highest BCUT2D eigenvalue weighted by Gasteiger charge is 2.17. The van der Waals surface area contributed by atoms with Crippen molar-refractivity contribution in [1.29, 1.82) is 0 Å². The van der Waals surface area contributed by atoms with E-state index in [1.54, 1.807) is 30.5 Å². The van der Waals surface area contributed by atoms with E-state index in [1.165, 1.54) is 10.9 Å². The minimum absolute atomic E-state index is 0.0124. The Bertz CT molecular complexity index is 1220. The van der Waals surface area contributed by atoms with Gasteiger partial charge in [-0.25, -0.2) is 4.68 Å². The summed E-state index contributed by atoms with van der Waals surface area (Å²) < 4.78 is 2.60.